The Morgan fingerprint density at radius 2 is 1.83 bits per heavy atom. The summed E-state index contributed by atoms with van der Waals surface area (Å²) in [4.78, 5) is -0.0939. The number of halogens is 1. The molecular weight excluding hydrogens is 317 g/mol. The van der Waals surface area contributed by atoms with Gasteiger partial charge in [0.1, 0.15) is 0 Å². The summed E-state index contributed by atoms with van der Waals surface area (Å²) in [6.45, 7) is 3.98. The molecule has 124 valence electrons. The van der Waals surface area contributed by atoms with Crippen LogP contribution >= 0.6 is 0 Å². The van der Waals surface area contributed by atoms with E-state index in [1.807, 2.05) is 19.1 Å². The number of ether oxygens (including phenoxy) is 1. The monoisotopic (exact) mass is 337 g/mol. The summed E-state index contributed by atoms with van der Waals surface area (Å²) in [7, 11) is -2.51. The van der Waals surface area contributed by atoms with Gasteiger partial charge in [0.05, 0.1) is 17.7 Å². The zero-order chi connectivity index (χ0) is 17.0. The summed E-state index contributed by atoms with van der Waals surface area (Å²) < 4.78 is 45.8. The van der Waals surface area contributed by atoms with Crippen LogP contribution < -0.4 is 9.04 Å². The molecule has 0 atom stereocenters. The van der Waals surface area contributed by atoms with Crippen LogP contribution in [0.2, 0.25) is 0 Å². The molecule has 0 N–H and O–H groups in total. The summed E-state index contributed by atoms with van der Waals surface area (Å²) >= 11 is 0. The molecule has 0 spiro atoms. The van der Waals surface area contributed by atoms with Crippen LogP contribution in [0.25, 0.3) is 0 Å². The largest absolute Gasteiger partial charge is 0.494 e. The van der Waals surface area contributed by atoms with Crippen LogP contribution in [0.3, 0.4) is 0 Å². The Morgan fingerprint density at radius 3 is 2.39 bits per heavy atom. The molecule has 2 aromatic carbocycles. The summed E-state index contributed by atoms with van der Waals surface area (Å²) in [5.74, 6) is -0.686. The molecule has 0 radical (unpaired) electrons. The number of para-hydroxylation sites is 1. The van der Waals surface area contributed by atoms with Crippen molar-refractivity contribution in [2.75, 3.05) is 18.0 Å². The van der Waals surface area contributed by atoms with Crippen molar-refractivity contribution < 1.29 is 17.5 Å². The predicted molar refractivity (Wildman–Crippen MR) is 89.0 cm³/mol. The van der Waals surface area contributed by atoms with Gasteiger partial charge in [0, 0.05) is 6.54 Å². The average Bonchev–Trinajstić information content (AvgIpc) is 2.55. The Morgan fingerprint density at radius 1 is 1.13 bits per heavy atom. The van der Waals surface area contributed by atoms with Gasteiger partial charge in [-0.3, -0.25) is 4.31 Å². The average molecular weight is 337 g/mol. The smallest absolute Gasteiger partial charge is 0.264 e. The third-order valence-electron chi connectivity index (χ3n) is 3.64. The fourth-order valence-electron chi connectivity index (χ4n) is 2.46. The number of rotatable bonds is 6. The molecule has 0 aliphatic heterocycles. The van der Waals surface area contributed by atoms with Crippen molar-refractivity contribution in [2.24, 2.45) is 0 Å². The molecule has 0 unspecified atom stereocenters. The van der Waals surface area contributed by atoms with Crippen molar-refractivity contribution in [3.63, 3.8) is 0 Å². The molecule has 4 nitrogen and oxygen atoms in total. The van der Waals surface area contributed by atoms with Crippen molar-refractivity contribution >= 4 is 15.7 Å². The van der Waals surface area contributed by atoms with E-state index in [1.165, 1.54) is 23.5 Å². The first-order chi connectivity index (χ1) is 11.0. The van der Waals surface area contributed by atoms with E-state index in [-0.39, 0.29) is 17.2 Å². The lowest BCUT2D eigenvalue weighted by molar-refractivity contribution is 0.385. The van der Waals surface area contributed by atoms with E-state index >= 15 is 0 Å². The maximum Gasteiger partial charge on any atom is 0.264 e. The number of anilines is 1. The highest BCUT2D eigenvalue weighted by molar-refractivity contribution is 7.92. The Balaban J connectivity index is 2.53. The van der Waals surface area contributed by atoms with Gasteiger partial charge in [-0.2, -0.15) is 0 Å². The first kappa shape index (κ1) is 17.3. The van der Waals surface area contributed by atoms with Gasteiger partial charge in [-0.15, -0.1) is 0 Å². The fourth-order valence-corrected chi connectivity index (χ4v) is 3.98. The predicted octanol–water partition coefficient (Wildman–Crippen LogP) is 3.61. The van der Waals surface area contributed by atoms with E-state index in [1.54, 1.807) is 19.1 Å². The van der Waals surface area contributed by atoms with Crippen molar-refractivity contribution in [1.29, 1.82) is 0 Å². The minimum atomic E-state index is -3.85. The molecule has 0 amide bonds. The Hall–Kier alpha value is -2.08. The standard InChI is InChI=1S/C17H20FNO3S/c1-4-13-8-6-7-9-16(13)19(5-2)23(20,21)14-10-11-17(22-3)15(18)12-14/h6-12H,4-5H2,1-3H3. The lowest BCUT2D eigenvalue weighted by Crippen LogP contribution is -2.31. The molecule has 2 aromatic rings. The van der Waals surface area contributed by atoms with Crippen molar-refractivity contribution in [3.05, 3.63) is 53.8 Å². The second-order valence-electron chi connectivity index (χ2n) is 4.95. The number of nitrogens with zero attached hydrogens (tertiary/aromatic N) is 1. The van der Waals surface area contributed by atoms with E-state index in [0.717, 1.165) is 11.6 Å². The summed E-state index contributed by atoms with van der Waals surface area (Å²) in [5.41, 5.74) is 1.54. The molecule has 0 saturated carbocycles. The SMILES string of the molecule is CCc1ccccc1N(CC)S(=O)(=O)c1ccc(OC)c(F)c1. The molecule has 2 rings (SSSR count). The summed E-state index contributed by atoms with van der Waals surface area (Å²) in [5, 5.41) is 0. The van der Waals surface area contributed by atoms with Crippen LogP contribution in [0.4, 0.5) is 10.1 Å². The normalized spacial score (nSPS) is 11.3. The lowest BCUT2D eigenvalue weighted by Gasteiger charge is -2.25. The highest BCUT2D eigenvalue weighted by Crippen LogP contribution is 2.29. The van der Waals surface area contributed by atoms with E-state index in [0.29, 0.717) is 12.1 Å². The minimum absolute atomic E-state index is 0.0148. The maximum absolute atomic E-state index is 13.9. The zero-order valence-corrected chi connectivity index (χ0v) is 14.2. The summed E-state index contributed by atoms with van der Waals surface area (Å²) in [6.07, 6.45) is 0.708. The summed E-state index contributed by atoms with van der Waals surface area (Å²) in [6, 6.07) is 11.0. The highest BCUT2D eigenvalue weighted by atomic mass is 32.2. The zero-order valence-electron chi connectivity index (χ0n) is 13.4. The van der Waals surface area contributed by atoms with Crippen LogP contribution in [0.15, 0.2) is 47.4 Å². The quantitative estimate of drug-likeness (QED) is 0.809. The molecule has 0 bridgehead atoms. The molecule has 0 aliphatic carbocycles. The Labute approximate surface area is 136 Å². The van der Waals surface area contributed by atoms with Gasteiger partial charge in [0.15, 0.2) is 11.6 Å². The number of benzene rings is 2. The van der Waals surface area contributed by atoms with Gasteiger partial charge in [0.25, 0.3) is 10.0 Å². The van der Waals surface area contributed by atoms with Crippen molar-refractivity contribution in [3.8, 4) is 5.75 Å². The van der Waals surface area contributed by atoms with Gasteiger partial charge in [-0.05, 0) is 43.2 Å². The number of hydrogen-bond donors (Lipinski definition) is 0. The van der Waals surface area contributed by atoms with Gasteiger partial charge in [-0.25, -0.2) is 12.8 Å². The first-order valence-corrected chi connectivity index (χ1v) is 8.83. The molecule has 0 aliphatic rings. The highest BCUT2D eigenvalue weighted by Gasteiger charge is 2.26. The second-order valence-corrected chi connectivity index (χ2v) is 6.81. The fraction of sp³-hybridized carbons (Fsp3) is 0.294. The molecular formula is C17H20FNO3S. The Bertz CT molecular complexity index is 790. The molecule has 23 heavy (non-hydrogen) atoms. The lowest BCUT2D eigenvalue weighted by atomic mass is 10.1. The van der Waals surface area contributed by atoms with E-state index in [4.69, 9.17) is 4.74 Å². The number of sulfonamides is 1. The number of hydrogen-bond acceptors (Lipinski definition) is 3. The van der Waals surface area contributed by atoms with Gasteiger partial charge in [-0.1, -0.05) is 25.1 Å². The number of aryl methyl sites for hydroxylation is 1. The third kappa shape index (κ3) is 3.32. The minimum Gasteiger partial charge on any atom is -0.494 e. The van der Waals surface area contributed by atoms with Crippen LogP contribution in [0, 0.1) is 5.82 Å². The van der Waals surface area contributed by atoms with Crippen LogP contribution in [0.5, 0.6) is 5.75 Å². The van der Waals surface area contributed by atoms with Gasteiger partial charge < -0.3 is 4.74 Å². The Kier molecular flexibility index (Phi) is 5.26. The number of methoxy groups -OCH3 is 1. The second kappa shape index (κ2) is 7.00. The third-order valence-corrected chi connectivity index (χ3v) is 5.52. The maximum atomic E-state index is 13.9. The van der Waals surface area contributed by atoms with Gasteiger partial charge >= 0.3 is 0 Å². The van der Waals surface area contributed by atoms with Crippen molar-refractivity contribution in [2.45, 2.75) is 25.2 Å². The van der Waals surface area contributed by atoms with Crippen LogP contribution in [0.1, 0.15) is 19.4 Å². The molecule has 0 saturated heterocycles. The molecule has 6 heteroatoms. The van der Waals surface area contributed by atoms with Crippen molar-refractivity contribution in [1.82, 2.24) is 0 Å². The molecule has 0 aromatic heterocycles. The van der Waals surface area contributed by atoms with E-state index in [9.17, 15) is 12.8 Å². The van der Waals surface area contributed by atoms with Crippen LogP contribution in [-0.4, -0.2) is 22.1 Å². The first-order valence-electron chi connectivity index (χ1n) is 7.39. The van der Waals surface area contributed by atoms with Crippen LogP contribution in [-0.2, 0) is 16.4 Å². The van der Waals surface area contributed by atoms with E-state index < -0.39 is 15.8 Å². The van der Waals surface area contributed by atoms with E-state index in [2.05, 4.69) is 0 Å². The topological polar surface area (TPSA) is 46.6 Å². The van der Waals surface area contributed by atoms with Gasteiger partial charge in [0.2, 0.25) is 0 Å². The molecule has 0 heterocycles. The molecule has 0 fully saturated rings.